The number of hydrogen-bond acceptors (Lipinski definition) is 6. The van der Waals surface area contributed by atoms with E-state index in [1.54, 1.807) is 0 Å². The average molecular weight is 280 g/mol. The van der Waals surface area contributed by atoms with E-state index in [1.165, 1.54) is 6.33 Å². The summed E-state index contributed by atoms with van der Waals surface area (Å²) < 4.78 is 0. The molecule has 1 aromatic rings. The molecule has 0 spiro atoms. The van der Waals surface area contributed by atoms with E-state index in [9.17, 15) is 10.2 Å². The van der Waals surface area contributed by atoms with E-state index in [2.05, 4.69) is 36.1 Å². The predicted octanol–water partition coefficient (Wildman–Crippen LogP) is 0.964. The van der Waals surface area contributed by atoms with Gasteiger partial charge in [0.05, 0.1) is 12.2 Å². The molecular formula is C14H24N4O2. The summed E-state index contributed by atoms with van der Waals surface area (Å²) in [5.74, 6) is 1.92. The fourth-order valence-corrected chi connectivity index (χ4v) is 2.50. The number of aliphatic hydroxyl groups is 2. The Labute approximate surface area is 119 Å². The summed E-state index contributed by atoms with van der Waals surface area (Å²) in [6.07, 6.45) is 1.14. The Kier molecular flexibility index (Phi) is 4.77. The molecule has 1 aromatic heterocycles. The molecule has 6 nitrogen and oxygen atoms in total. The highest BCUT2D eigenvalue weighted by Crippen LogP contribution is 2.32. The van der Waals surface area contributed by atoms with Crippen LogP contribution in [-0.4, -0.2) is 52.0 Å². The number of anilines is 2. The Balaban J connectivity index is 2.32. The SMILES string of the molecule is CCCNc1ncnc(N2CC(O)C(O)C2)c1C(C)C. The molecule has 0 bridgehead atoms. The van der Waals surface area contributed by atoms with E-state index in [4.69, 9.17) is 0 Å². The lowest BCUT2D eigenvalue weighted by atomic mass is 10.0. The minimum Gasteiger partial charge on any atom is -0.389 e. The van der Waals surface area contributed by atoms with Crippen molar-refractivity contribution >= 4 is 11.6 Å². The van der Waals surface area contributed by atoms with Gasteiger partial charge in [0.25, 0.3) is 0 Å². The predicted molar refractivity (Wildman–Crippen MR) is 79.1 cm³/mol. The van der Waals surface area contributed by atoms with Gasteiger partial charge in [0.15, 0.2) is 0 Å². The molecule has 1 fully saturated rings. The largest absolute Gasteiger partial charge is 0.389 e. The topological polar surface area (TPSA) is 81.5 Å². The summed E-state index contributed by atoms with van der Waals surface area (Å²) in [5.41, 5.74) is 1.04. The Hall–Kier alpha value is -1.40. The van der Waals surface area contributed by atoms with Gasteiger partial charge in [-0.05, 0) is 12.3 Å². The Bertz CT molecular complexity index is 443. The van der Waals surface area contributed by atoms with Gasteiger partial charge in [-0.1, -0.05) is 20.8 Å². The molecule has 2 rings (SSSR count). The lowest BCUT2D eigenvalue weighted by molar-refractivity contribution is 0.0572. The molecule has 1 aliphatic rings. The number of aromatic nitrogens is 2. The molecule has 112 valence electrons. The first kappa shape index (κ1) is 15.0. The maximum absolute atomic E-state index is 9.72. The Morgan fingerprint density at radius 1 is 1.30 bits per heavy atom. The van der Waals surface area contributed by atoms with Crippen LogP contribution in [0.4, 0.5) is 11.6 Å². The van der Waals surface area contributed by atoms with Crippen molar-refractivity contribution in [3.8, 4) is 0 Å². The number of β-amino-alcohol motifs (C(OH)–C–C–N with tert-alkyl or cyclic N) is 2. The van der Waals surface area contributed by atoms with Crippen LogP contribution >= 0.6 is 0 Å². The molecule has 0 radical (unpaired) electrons. The zero-order valence-corrected chi connectivity index (χ0v) is 12.4. The average Bonchev–Trinajstić information content (AvgIpc) is 2.75. The molecule has 0 aromatic carbocycles. The van der Waals surface area contributed by atoms with Crippen LogP contribution in [0.25, 0.3) is 0 Å². The van der Waals surface area contributed by atoms with E-state index in [-0.39, 0.29) is 5.92 Å². The van der Waals surface area contributed by atoms with Crippen LogP contribution in [0, 0.1) is 0 Å². The van der Waals surface area contributed by atoms with Crippen molar-refractivity contribution in [3.63, 3.8) is 0 Å². The van der Waals surface area contributed by atoms with Crippen LogP contribution in [0.1, 0.15) is 38.7 Å². The maximum Gasteiger partial charge on any atom is 0.137 e. The molecule has 2 heterocycles. The van der Waals surface area contributed by atoms with Crippen LogP contribution < -0.4 is 10.2 Å². The first-order valence-corrected chi connectivity index (χ1v) is 7.24. The fourth-order valence-electron chi connectivity index (χ4n) is 2.50. The molecule has 2 atom stereocenters. The van der Waals surface area contributed by atoms with E-state index >= 15 is 0 Å². The smallest absolute Gasteiger partial charge is 0.137 e. The number of hydrogen-bond donors (Lipinski definition) is 3. The third-order valence-corrected chi connectivity index (χ3v) is 3.54. The number of rotatable bonds is 5. The maximum atomic E-state index is 9.72. The van der Waals surface area contributed by atoms with Crippen molar-refractivity contribution in [3.05, 3.63) is 11.9 Å². The fraction of sp³-hybridized carbons (Fsp3) is 0.714. The van der Waals surface area contributed by atoms with E-state index < -0.39 is 12.2 Å². The Morgan fingerprint density at radius 2 is 1.95 bits per heavy atom. The monoisotopic (exact) mass is 280 g/mol. The highest BCUT2D eigenvalue weighted by atomic mass is 16.3. The van der Waals surface area contributed by atoms with Gasteiger partial charge >= 0.3 is 0 Å². The van der Waals surface area contributed by atoms with Crippen molar-refractivity contribution < 1.29 is 10.2 Å². The van der Waals surface area contributed by atoms with Gasteiger partial charge in [-0.25, -0.2) is 9.97 Å². The van der Waals surface area contributed by atoms with Crippen molar-refractivity contribution in [1.29, 1.82) is 0 Å². The normalized spacial score (nSPS) is 22.6. The van der Waals surface area contributed by atoms with Crippen LogP contribution in [0.2, 0.25) is 0 Å². The van der Waals surface area contributed by atoms with Gasteiger partial charge in [0.1, 0.15) is 18.0 Å². The molecule has 0 amide bonds. The van der Waals surface area contributed by atoms with Crippen molar-refractivity contribution in [2.24, 2.45) is 0 Å². The highest BCUT2D eigenvalue weighted by molar-refractivity contribution is 5.61. The van der Waals surface area contributed by atoms with Crippen LogP contribution in [-0.2, 0) is 0 Å². The standard InChI is InChI=1S/C14H24N4O2/c1-4-5-15-13-12(9(2)3)14(17-8-16-13)18-6-10(19)11(20)7-18/h8-11,19-20H,4-7H2,1-3H3,(H,15,16,17). The Morgan fingerprint density at radius 3 is 2.50 bits per heavy atom. The van der Waals surface area contributed by atoms with E-state index in [1.807, 2.05) is 4.90 Å². The molecule has 0 saturated carbocycles. The quantitative estimate of drug-likeness (QED) is 0.745. The molecule has 20 heavy (non-hydrogen) atoms. The first-order valence-electron chi connectivity index (χ1n) is 7.24. The second-order valence-electron chi connectivity index (χ2n) is 5.58. The zero-order chi connectivity index (χ0) is 14.7. The van der Waals surface area contributed by atoms with Gasteiger partial charge in [0.2, 0.25) is 0 Å². The molecule has 1 saturated heterocycles. The third kappa shape index (κ3) is 3.02. The zero-order valence-electron chi connectivity index (χ0n) is 12.4. The summed E-state index contributed by atoms with van der Waals surface area (Å²) in [5, 5.41) is 22.8. The molecule has 6 heteroatoms. The molecule has 2 unspecified atom stereocenters. The molecule has 3 N–H and O–H groups in total. The lowest BCUT2D eigenvalue weighted by Crippen LogP contribution is -2.25. The van der Waals surface area contributed by atoms with E-state index in [0.29, 0.717) is 13.1 Å². The third-order valence-electron chi connectivity index (χ3n) is 3.54. The minimum absolute atomic E-state index is 0.264. The summed E-state index contributed by atoms with van der Waals surface area (Å²) >= 11 is 0. The van der Waals surface area contributed by atoms with Crippen molar-refractivity contribution in [2.75, 3.05) is 29.9 Å². The second-order valence-corrected chi connectivity index (χ2v) is 5.58. The lowest BCUT2D eigenvalue weighted by Gasteiger charge is -2.23. The van der Waals surface area contributed by atoms with Gasteiger partial charge in [-0.15, -0.1) is 0 Å². The molecule has 1 aliphatic heterocycles. The summed E-state index contributed by atoms with van der Waals surface area (Å²) in [6, 6.07) is 0. The summed E-state index contributed by atoms with van der Waals surface area (Å²) in [7, 11) is 0. The first-order chi connectivity index (χ1) is 9.54. The van der Waals surface area contributed by atoms with Crippen LogP contribution in [0.15, 0.2) is 6.33 Å². The number of nitrogens with zero attached hydrogens (tertiary/aromatic N) is 3. The number of aliphatic hydroxyl groups excluding tert-OH is 2. The minimum atomic E-state index is -0.711. The molecule has 0 aliphatic carbocycles. The summed E-state index contributed by atoms with van der Waals surface area (Å²) in [4.78, 5) is 10.6. The van der Waals surface area contributed by atoms with Gasteiger partial charge in [-0.3, -0.25) is 0 Å². The van der Waals surface area contributed by atoms with Gasteiger partial charge in [0, 0.05) is 25.2 Å². The van der Waals surface area contributed by atoms with E-state index in [0.717, 1.165) is 30.2 Å². The summed E-state index contributed by atoms with van der Waals surface area (Å²) in [6.45, 7) is 7.99. The van der Waals surface area contributed by atoms with Crippen molar-refractivity contribution in [1.82, 2.24) is 9.97 Å². The van der Waals surface area contributed by atoms with Gasteiger partial charge < -0.3 is 20.4 Å². The van der Waals surface area contributed by atoms with Crippen LogP contribution in [0.5, 0.6) is 0 Å². The second kappa shape index (κ2) is 6.37. The molecular weight excluding hydrogens is 256 g/mol. The van der Waals surface area contributed by atoms with Crippen molar-refractivity contribution in [2.45, 2.75) is 45.3 Å². The van der Waals surface area contributed by atoms with Gasteiger partial charge in [-0.2, -0.15) is 0 Å². The van der Waals surface area contributed by atoms with Crippen LogP contribution in [0.3, 0.4) is 0 Å². The highest BCUT2D eigenvalue weighted by Gasteiger charge is 2.32. The number of nitrogens with one attached hydrogen (secondary N) is 1.